The molecule has 0 aliphatic carbocycles. The fraction of sp³-hybridized carbons (Fsp3) is 0.391. The molecule has 5 heteroatoms. The molecule has 2 aromatic rings. The first-order chi connectivity index (χ1) is 13.5. The second-order valence-electron chi connectivity index (χ2n) is 7.53. The third-order valence-corrected chi connectivity index (χ3v) is 5.10. The van der Waals surface area contributed by atoms with Crippen LogP contribution in [0.15, 0.2) is 48.5 Å². The number of likely N-dealkylation sites (N-methyl/N-ethyl adjacent to an activating group) is 1. The van der Waals surface area contributed by atoms with Crippen molar-refractivity contribution in [1.82, 2.24) is 4.90 Å². The number of nitrogens with zero attached hydrogens (tertiary/aromatic N) is 2. The normalized spacial score (nSPS) is 14.2. The summed E-state index contributed by atoms with van der Waals surface area (Å²) in [5, 5.41) is 2.89. The number of para-hydroxylation sites is 1. The van der Waals surface area contributed by atoms with Crippen LogP contribution < -0.4 is 10.2 Å². The molecule has 2 aromatic carbocycles. The molecular formula is C23H29N3O2. The molecule has 28 heavy (non-hydrogen) atoms. The first-order valence-corrected chi connectivity index (χ1v) is 9.95. The SMILES string of the molecule is CC(=O)c1cccc(NC(=O)CN(C)Cc2ccccc2N2CCCCC2)c1. The zero-order valence-electron chi connectivity index (χ0n) is 16.8. The minimum absolute atomic E-state index is 0.0115. The Morgan fingerprint density at radius 2 is 1.79 bits per heavy atom. The lowest BCUT2D eigenvalue weighted by Crippen LogP contribution is -2.33. The van der Waals surface area contributed by atoms with Crippen molar-refractivity contribution in [3.05, 3.63) is 59.7 Å². The van der Waals surface area contributed by atoms with Crippen LogP contribution in [0.3, 0.4) is 0 Å². The van der Waals surface area contributed by atoms with Crippen molar-refractivity contribution >= 4 is 23.1 Å². The summed E-state index contributed by atoms with van der Waals surface area (Å²) in [5.74, 6) is -0.0961. The molecule has 0 saturated carbocycles. The minimum atomic E-state index is -0.0846. The van der Waals surface area contributed by atoms with Gasteiger partial charge in [-0.15, -0.1) is 0 Å². The highest BCUT2D eigenvalue weighted by Crippen LogP contribution is 2.25. The predicted octanol–water partition coefficient (Wildman–Crippen LogP) is 3.95. The quantitative estimate of drug-likeness (QED) is 0.740. The Labute approximate surface area is 167 Å². The van der Waals surface area contributed by atoms with Crippen LogP contribution in [0.1, 0.15) is 42.1 Å². The largest absolute Gasteiger partial charge is 0.371 e. The van der Waals surface area contributed by atoms with Gasteiger partial charge in [0, 0.05) is 36.6 Å². The topological polar surface area (TPSA) is 52.7 Å². The summed E-state index contributed by atoms with van der Waals surface area (Å²) in [6.45, 7) is 4.74. The maximum atomic E-state index is 12.4. The van der Waals surface area contributed by atoms with Crippen LogP contribution in [0, 0.1) is 0 Å². The summed E-state index contributed by atoms with van der Waals surface area (Å²) in [6, 6.07) is 15.5. The highest BCUT2D eigenvalue weighted by Gasteiger charge is 2.16. The van der Waals surface area contributed by atoms with Gasteiger partial charge in [-0.1, -0.05) is 30.3 Å². The third kappa shape index (κ3) is 5.42. The maximum Gasteiger partial charge on any atom is 0.238 e. The molecule has 1 aliphatic rings. The molecule has 1 amide bonds. The first-order valence-electron chi connectivity index (χ1n) is 9.95. The van der Waals surface area contributed by atoms with E-state index in [4.69, 9.17) is 0 Å². The molecule has 0 unspecified atom stereocenters. The zero-order chi connectivity index (χ0) is 19.9. The molecule has 1 saturated heterocycles. The lowest BCUT2D eigenvalue weighted by Gasteiger charge is -2.31. The lowest BCUT2D eigenvalue weighted by atomic mass is 10.1. The van der Waals surface area contributed by atoms with E-state index in [1.165, 1.54) is 37.4 Å². The van der Waals surface area contributed by atoms with E-state index in [1.54, 1.807) is 24.3 Å². The van der Waals surface area contributed by atoms with E-state index in [0.29, 0.717) is 24.3 Å². The highest BCUT2D eigenvalue weighted by molar-refractivity contribution is 5.97. The first kappa shape index (κ1) is 20.1. The van der Waals surface area contributed by atoms with Crippen molar-refractivity contribution in [2.24, 2.45) is 0 Å². The number of carbonyl (C=O) groups excluding carboxylic acids is 2. The molecule has 1 N–H and O–H groups in total. The average molecular weight is 380 g/mol. The van der Waals surface area contributed by atoms with Gasteiger partial charge in [0.2, 0.25) is 5.91 Å². The number of carbonyl (C=O) groups is 2. The van der Waals surface area contributed by atoms with Gasteiger partial charge < -0.3 is 10.2 Å². The average Bonchev–Trinajstić information content (AvgIpc) is 2.69. The number of piperidine rings is 1. The predicted molar refractivity (Wildman–Crippen MR) is 114 cm³/mol. The fourth-order valence-corrected chi connectivity index (χ4v) is 3.70. The molecule has 0 atom stereocenters. The number of rotatable bonds is 7. The minimum Gasteiger partial charge on any atom is -0.371 e. The van der Waals surface area contributed by atoms with Crippen molar-refractivity contribution in [3.8, 4) is 0 Å². The van der Waals surface area contributed by atoms with Gasteiger partial charge in [0.05, 0.1) is 6.54 Å². The standard InChI is InChI=1S/C23H29N3O2/c1-18(27)19-10-8-11-21(15-19)24-23(28)17-25(2)16-20-9-4-5-12-22(20)26-13-6-3-7-14-26/h4-5,8-12,15H,3,6-7,13-14,16-17H2,1-2H3,(H,24,28). The van der Waals surface area contributed by atoms with Crippen molar-refractivity contribution in [2.45, 2.75) is 32.7 Å². The summed E-state index contributed by atoms with van der Waals surface area (Å²) in [7, 11) is 1.96. The molecular weight excluding hydrogens is 350 g/mol. The van der Waals surface area contributed by atoms with Gasteiger partial charge in [-0.25, -0.2) is 0 Å². The van der Waals surface area contributed by atoms with Crippen LogP contribution in [0.2, 0.25) is 0 Å². The van der Waals surface area contributed by atoms with E-state index in [9.17, 15) is 9.59 Å². The molecule has 0 bridgehead atoms. The number of hydrogen-bond donors (Lipinski definition) is 1. The number of hydrogen-bond acceptors (Lipinski definition) is 4. The number of nitrogens with one attached hydrogen (secondary N) is 1. The molecule has 0 spiro atoms. The van der Waals surface area contributed by atoms with Gasteiger partial charge in [0.25, 0.3) is 0 Å². The number of ketones is 1. The molecule has 148 valence electrons. The molecule has 1 heterocycles. The Morgan fingerprint density at radius 1 is 1.04 bits per heavy atom. The number of benzene rings is 2. The summed E-state index contributed by atoms with van der Waals surface area (Å²) in [6.07, 6.45) is 3.79. The van der Waals surface area contributed by atoms with Gasteiger partial charge in [-0.05, 0) is 57.0 Å². The van der Waals surface area contributed by atoms with E-state index in [-0.39, 0.29) is 11.7 Å². The molecule has 1 fully saturated rings. The van der Waals surface area contributed by atoms with Gasteiger partial charge in [-0.3, -0.25) is 14.5 Å². The van der Waals surface area contributed by atoms with E-state index in [2.05, 4.69) is 34.5 Å². The third-order valence-electron chi connectivity index (χ3n) is 5.10. The molecule has 0 aromatic heterocycles. The van der Waals surface area contributed by atoms with E-state index in [0.717, 1.165) is 13.1 Å². The second kappa shape index (κ2) is 9.51. The van der Waals surface area contributed by atoms with Crippen molar-refractivity contribution < 1.29 is 9.59 Å². The molecule has 0 radical (unpaired) electrons. The van der Waals surface area contributed by atoms with E-state index >= 15 is 0 Å². The number of anilines is 2. The fourth-order valence-electron chi connectivity index (χ4n) is 3.70. The molecule has 3 rings (SSSR count). The van der Waals surface area contributed by atoms with Gasteiger partial charge in [0.1, 0.15) is 0 Å². The molecule has 5 nitrogen and oxygen atoms in total. The Balaban J connectivity index is 1.59. The monoisotopic (exact) mass is 379 g/mol. The highest BCUT2D eigenvalue weighted by atomic mass is 16.2. The second-order valence-corrected chi connectivity index (χ2v) is 7.53. The summed E-state index contributed by atoms with van der Waals surface area (Å²) in [5.41, 5.74) is 3.78. The van der Waals surface area contributed by atoms with Crippen LogP contribution in [0.5, 0.6) is 0 Å². The number of Topliss-reactive ketones (excluding diaryl/α,β-unsaturated/α-hetero) is 1. The van der Waals surface area contributed by atoms with Gasteiger partial charge in [0.15, 0.2) is 5.78 Å². The van der Waals surface area contributed by atoms with Crippen molar-refractivity contribution in [3.63, 3.8) is 0 Å². The smallest absolute Gasteiger partial charge is 0.238 e. The molecule has 1 aliphatic heterocycles. The summed E-state index contributed by atoms with van der Waals surface area (Å²) >= 11 is 0. The summed E-state index contributed by atoms with van der Waals surface area (Å²) < 4.78 is 0. The van der Waals surface area contributed by atoms with Crippen LogP contribution in [0.25, 0.3) is 0 Å². The van der Waals surface area contributed by atoms with E-state index in [1.807, 2.05) is 11.9 Å². The van der Waals surface area contributed by atoms with Gasteiger partial charge in [-0.2, -0.15) is 0 Å². The Morgan fingerprint density at radius 3 is 2.54 bits per heavy atom. The zero-order valence-corrected chi connectivity index (χ0v) is 16.8. The van der Waals surface area contributed by atoms with Crippen LogP contribution in [-0.4, -0.2) is 43.3 Å². The summed E-state index contributed by atoms with van der Waals surface area (Å²) in [4.78, 5) is 28.4. The Kier molecular flexibility index (Phi) is 6.82. The lowest BCUT2D eigenvalue weighted by molar-refractivity contribution is -0.117. The van der Waals surface area contributed by atoms with Crippen LogP contribution >= 0.6 is 0 Å². The van der Waals surface area contributed by atoms with Gasteiger partial charge >= 0.3 is 0 Å². The van der Waals surface area contributed by atoms with Crippen LogP contribution in [-0.2, 0) is 11.3 Å². The van der Waals surface area contributed by atoms with Crippen LogP contribution in [0.4, 0.5) is 11.4 Å². The van der Waals surface area contributed by atoms with Crippen molar-refractivity contribution in [1.29, 1.82) is 0 Å². The van der Waals surface area contributed by atoms with Crippen molar-refractivity contribution in [2.75, 3.05) is 36.9 Å². The van der Waals surface area contributed by atoms with E-state index < -0.39 is 0 Å². The maximum absolute atomic E-state index is 12.4. The number of amides is 1. The Hall–Kier alpha value is -2.66. The Bertz CT molecular complexity index is 828.